The summed E-state index contributed by atoms with van der Waals surface area (Å²) in [6.07, 6.45) is -0.0867. The molecule has 1 aliphatic carbocycles. The Balaban J connectivity index is 1.25. The molecule has 3 saturated heterocycles. The molecule has 0 spiro atoms. The third kappa shape index (κ3) is 5.79. The zero-order valence-corrected chi connectivity index (χ0v) is 26.6. The molecule has 2 aromatic heterocycles. The maximum Gasteiger partial charge on any atom is 0.573 e. The van der Waals surface area contributed by atoms with Crippen molar-refractivity contribution in [2.45, 2.75) is 57.5 Å². The van der Waals surface area contributed by atoms with Gasteiger partial charge in [-0.1, -0.05) is 0 Å². The number of fused-ring (bicyclic) bond motifs is 4. The van der Waals surface area contributed by atoms with Crippen molar-refractivity contribution in [2.24, 2.45) is 5.41 Å². The van der Waals surface area contributed by atoms with Crippen molar-refractivity contribution in [1.82, 2.24) is 30.4 Å². The van der Waals surface area contributed by atoms with Crippen LogP contribution in [0.1, 0.15) is 38.2 Å². The second kappa shape index (κ2) is 11.4. The first-order chi connectivity index (χ1) is 22.9. The van der Waals surface area contributed by atoms with E-state index in [1.165, 1.54) is 19.2 Å². The maximum absolute atomic E-state index is 17.0. The van der Waals surface area contributed by atoms with Gasteiger partial charge in [0.05, 0.1) is 37.1 Å². The van der Waals surface area contributed by atoms with Gasteiger partial charge in [0.2, 0.25) is 0 Å². The van der Waals surface area contributed by atoms with Crippen molar-refractivity contribution in [2.75, 3.05) is 57.4 Å². The number of aromatic nitrogens is 4. The number of aryl methyl sites for hydroxylation is 1. The van der Waals surface area contributed by atoms with Crippen LogP contribution in [0.25, 0.3) is 32.9 Å². The number of H-pyrrole nitrogens is 1. The van der Waals surface area contributed by atoms with Crippen LogP contribution in [0, 0.1) is 24.0 Å². The van der Waals surface area contributed by atoms with Gasteiger partial charge in [-0.3, -0.25) is 10.00 Å². The summed E-state index contributed by atoms with van der Waals surface area (Å²) in [4.78, 5) is 13.6. The molecule has 1 saturated carbocycles. The molecule has 4 aliphatic rings. The number of ether oxygens (including phenoxy) is 3. The van der Waals surface area contributed by atoms with Crippen molar-refractivity contribution in [3.05, 3.63) is 35.5 Å². The van der Waals surface area contributed by atoms with Gasteiger partial charge >= 0.3 is 12.4 Å². The average Bonchev–Trinajstić information content (AvgIpc) is 3.53. The van der Waals surface area contributed by atoms with Gasteiger partial charge in [-0.2, -0.15) is 15.1 Å². The highest BCUT2D eigenvalue weighted by Crippen LogP contribution is 2.48. The molecule has 3 aliphatic heterocycles. The Bertz CT molecular complexity index is 1890. The van der Waals surface area contributed by atoms with E-state index in [-0.39, 0.29) is 44.9 Å². The van der Waals surface area contributed by atoms with Gasteiger partial charge in [-0.15, -0.1) is 13.2 Å². The van der Waals surface area contributed by atoms with Gasteiger partial charge in [-0.05, 0) is 57.2 Å². The van der Waals surface area contributed by atoms with E-state index in [1.54, 1.807) is 0 Å². The largest absolute Gasteiger partial charge is 0.573 e. The van der Waals surface area contributed by atoms with Crippen LogP contribution in [-0.2, 0) is 4.74 Å². The van der Waals surface area contributed by atoms with E-state index >= 15 is 8.78 Å². The second-order valence-electron chi connectivity index (χ2n) is 14.0. The van der Waals surface area contributed by atoms with Crippen LogP contribution in [-0.4, -0.2) is 95.6 Å². The first-order valence-corrected chi connectivity index (χ1v) is 16.3. The Morgan fingerprint density at radius 1 is 1.06 bits per heavy atom. The van der Waals surface area contributed by atoms with Crippen LogP contribution in [0.4, 0.5) is 27.8 Å². The van der Waals surface area contributed by atoms with E-state index in [0.29, 0.717) is 44.2 Å². The Morgan fingerprint density at radius 3 is 2.58 bits per heavy atom. The topological polar surface area (TPSA) is 101 Å². The lowest BCUT2D eigenvalue weighted by molar-refractivity contribution is -0.274. The number of hydrogen-bond acceptors (Lipinski definition) is 9. The van der Waals surface area contributed by atoms with E-state index < -0.39 is 34.9 Å². The molecule has 0 amide bonds. The monoisotopic (exact) mass is 673 g/mol. The standard InChI is InChI=1S/C33H36F5N7O3/c1-18-11-23-21(13-39-43-23)24(28(18)48-33(36,37)38)25-22(34)12-20-27(26(25)35)40-30(41-29(20)45-14-19-3-4-31(2,15-45)42-19)47-17-32(5-6-32)16-44-7-9-46-10-8-44/h11-13,19,42H,3-10,14-17H2,1-2H3,(H,39,43)/t19?,31-/m1/s1. The van der Waals surface area contributed by atoms with E-state index in [9.17, 15) is 13.2 Å². The molecule has 2 aromatic carbocycles. The fourth-order valence-corrected chi connectivity index (χ4v) is 7.68. The molecule has 2 bridgehead atoms. The van der Waals surface area contributed by atoms with Crippen molar-refractivity contribution in [1.29, 1.82) is 0 Å². The highest BCUT2D eigenvalue weighted by atomic mass is 19.4. The number of rotatable bonds is 8. The van der Waals surface area contributed by atoms with Gasteiger partial charge < -0.3 is 24.4 Å². The smallest absolute Gasteiger partial charge is 0.463 e. The van der Waals surface area contributed by atoms with Crippen molar-refractivity contribution < 1.29 is 36.2 Å². The SMILES string of the molecule is Cc1cc2[nH]ncc2c(-c2c(F)cc3c(N4CC5CC[C@](C)(C4)N5)nc(OCC4(CN5CCOCC5)CC4)nc3c2F)c1OC(F)(F)F. The number of hydrogen-bond donors (Lipinski definition) is 2. The number of benzene rings is 2. The lowest BCUT2D eigenvalue weighted by atomic mass is 9.95. The third-order valence-electron chi connectivity index (χ3n) is 10.2. The van der Waals surface area contributed by atoms with Crippen LogP contribution >= 0.6 is 0 Å². The maximum atomic E-state index is 17.0. The molecule has 8 rings (SSSR count). The van der Waals surface area contributed by atoms with Crippen LogP contribution in [0.5, 0.6) is 11.8 Å². The van der Waals surface area contributed by atoms with E-state index in [4.69, 9.17) is 14.5 Å². The molecule has 5 heterocycles. The number of halogens is 5. The summed E-state index contributed by atoms with van der Waals surface area (Å²) >= 11 is 0. The third-order valence-corrected chi connectivity index (χ3v) is 10.2. The van der Waals surface area contributed by atoms with Crippen molar-refractivity contribution >= 4 is 27.6 Å². The van der Waals surface area contributed by atoms with Gasteiger partial charge in [0.25, 0.3) is 0 Å². The zero-order chi connectivity index (χ0) is 33.4. The summed E-state index contributed by atoms with van der Waals surface area (Å²) in [6.45, 7) is 8.75. The summed E-state index contributed by atoms with van der Waals surface area (Å²) in [5, 5.41) is 10.4. The van der Waals surface area contributed by atoms with Crippen LogP contribution in [0.2, 0.25) is 0 Å². The zero-order valence-electron chi connectivity index (χ0n) is 26.6. The van der Waals surface area contributed by atoms with E-state index in [0.717, 1.165) is 51.4 Å². The van der Waals surface area contributed by atoms with Crippen LogP contribution in [0.15, 0.2) is 18.3 Å². The summed E-state index contributed by atoms with van der Waals surface area (Å²) in [6, 6.07) is 2.59. The molecule has 4 aromatic rings. The van der Waals surface area contributed by atoms with Crippen LogP contribution in [0.3, 0.4) is 0 Å². The predicted octanol–water partition coefficient (Wildman–Crippen LogP) is 5.48. The highest BCUT2D eigenvalue weighted by molar-refractivity contribution is 6.02. The quantitative estimate of drug-likeness (QED) is 0.236. The number of morpholine rings is 1. The summed E-state index contributed by atoms with van der Waals surface area (Å²) in [5.41, 5.74) is -1.37. The van der Waals surface area contributed by atoms with Gasteiger partial charge in [-0.25, -0.2) is 8.78 Å². The van der Waals surface area contributed by atoms with Crippen LogP contribution < -0.4 is 19.7 Å². The molecule has 2 atom stereocenters. The Kier molecular flexibility index (Phi) is 7.45. The first kappa shape index (κ1) is 31.4. The van der Waals surface area contributed by atoms with Crippen molar-refractivity contribution in [3.63, 3.8) is 0 Å². The summed E-state index contributed by atoms with van der Waals surface area (Å²) < 4.78 is 90.4. The minimum atomic E-state index is -5.12. The molecular formula is C33H36F5N7O3. The minimum Gasteiger partial charge on any atom is -0.463 e. The molecule has 0 radical (unpaired) electrons. The van der Waals surface area contributed by atoms with E-state index in [2.05, 4.69) is 37.1 Å². The molecule has 2 N–H and O–H groups in total. The number of anilines is 1. The van der Waals surface area contributed by atoms with Gasteiger partial charge in [0, 0.05) is 66.1 Å². The van der Waals surface area contributed by atoms with E-state index in [1.807, 2.05) is 4.90 Å². The molecule has 15 heteroatoms. The Morgan fingerprint density at radius 2 is 1.85 bits per heavy atom. The highest BCUT2D eigenvalue weighted by Gasteiger charge is 2.46. The molecule has 48 heavy (non-hydrogen) atoms. The summed E-state index contributed by atoms with van der Waals surface area (Å²) in [5.74, 6) is -2.62. The summed E-state index contributed by atoms with van der Waals surface area (Å²) in [7, 11) is 0. The lowest BCUT2D eigenvalue weighted by Gasteiger charge is -2.40. The fourth-order valence-electron chi connectivity index (χ4n) is 7.68. The number of nitrogens with zero attached hydrogens (tertiary/aromatic N) is 5. The Hall–Kier alpha value is -3.82. The number of alkyl halides is 3. The normalized spacial score (nSPS) is 24.1. The fraction of sp³-hybridized carbons (Fsp3) is 0.545. The number of aromatic amines is 1. The number of nitrogens with one attached hydrogen (secondary N) is 2. The minimum absolute atomic E-state index is 0.0184. The van der Waals surface area contributed by atoms with Gasteiger partial charge in [0.1, 0.15) is 22.9 Å². The molecule has 256 valence electrons. The predicted molar refractivity (Wildman–Crippen MR) is 167 cm³/mol. The molecular weight excluding hydrogens is 637 g/mol. The molecule has 1 unspecified atom stereocenters. The van der Waals surface area contributed by atoms with Gasteiger partial charge in [0.15, 0.2) is 5.82 Å². The average molecular weight is 674 g/mol. The lowest BCUT2D eigenvalue weighted by Crippen LogP contribution is -2.58. The molecule has 4 fully saturated rings. The number of piperazine rings is 1. The first-order valence-electron chi connectivity index (χ1n) is 16.3. The molecule has 10 nitrogen and oxygen atoms in total. The Labute approximate surface area is 272 Å². The second-order valence-corrected chi connectivity index (χ2v) is 14.0. The van der Waals surface area contributed by atoms with Crippen molar-refractivity contribution in [3.8, 4) is 22.9 Å².